The number of nitrogens with two attached hydrogens (primary N) is 1. The lowest BCUT2D eigenvalue weighted by Gasteiger charge is -2.10. The van der Waals surface area contributed by atoms with Crippen LogP contribution in [0.4, 0.5) is 5.82 Å². The largest absolute Gasteiger partial charge is 0.465 e. The zero-order valence-electron chi connectivity index (χ0n) is 14.8. The molecule has 4 rings (SSSR count). The fourth-order valence-corrected chi connectivity index (χ4v) is 3.31. The van der Waals surface area contributed by atoms with E-state index in [2.05, 4.69) is 11.1 Å². The number of para-hydroxylation sites is 2. The smallest absolute Gasteiger partial charge is 0.343 e. The number of carbonyl (C=O) groups is 1. The number of carbonyl (C=O) groups excluding carboxylic acids is 1. The molecule has 0 radical (unpaired) electrons. The highest BCUT2D eigenvalue weighted by molar-refractivity contribution is 6.08. The quantitative estimate of drug-likeness (QED) is 0.561. The summed E-state index contributed by atoms with van der Waals surface area (Å²) in [4.78, 5) is 21.7. The molecular formula is C20H18N4O2. The highest BCUT2D eigenvalue weighted by Gasteiger charge is 2.25. The number of aromatic nitrogens is 3. The third-order valence-electron chi connectivity index (χ3n) is 4.35. The highest BCUT2D eigenvalue weighted by atomic mass is 16.5. The van der Waals surface area contributed by atoms with Gasteiger partial charge in [0.25, 0.3) is 0 Å². The van der Waals surface area contributed by atoms with Gasteiger partial charge in [-0.2, -0.15) is 0 Å². The van der Waals surface area contributed by atoms with Gasteiger partial charge in [-0.15, -0.1) is 0 Å². The van der Waals surface area contributed by atoms with Gasteiger partial charge in [-0.1, -0.05) is 18.2 Å². The molecule has 0 aliphatic heterocycles. The molecule has 0 spiro atoms. The monoisotopic (exact) mass is 346 g/mol. The van der Waals surface area contributed by atoms with E-state index in [1.54, 1.807) is 4.57 Å². The number of methoxy groups -OCH3 is 1. The van der Waals surface area contributed by atoms with E-state index >= 15 is 0 Å². The van der Waals surface area contributed by atoms with Crippen molar-refractivity contribution in [3.63, 3.8) is 0 Å². The minimum Gasteiger partial charge on any atom is -0.465 e. The number of rotatable bonds is 2. The Bertz CT molecular complexity index is 1160. The number of nitrogen functional groups attached to an aromatic ring is 1. The van der Waals surface area contributed by atoms with Crippen LogP contribution in [0.25, 0.3) is 27.9 Å². The molecule has 0 bridgehead atoms. The van der Waals surface area contributed by atoms with Gasteiger partial charge >= 0.3 is 5.97 Å². The van der Waals surface area contributed by atoms with Crippen LogP contribution in [0.3, 0.4) is 0 Å². The molecule has 2 aromatic carbocycles. The second-order valence-corrected chi connectivity index (χ2v) is 6.32. The Morgan fingerprint density at radius 3 is 2.27 bits per heavy atom. The predicted octanol–water partition coefficient (Wildman–Crippen LogP) is 3.56. The van der Waals surface area contributed by atoms with Crippen molar-refractivity contribution in [1.29, 1.82) is 0 Å². The summed E-state index contributed by atoms with van der Waals surface area (Å²) in [5.41, 5.74) is 12.0. The molecule has 0 aliphatic carbocycles. The van der Waals surface area contributed by atoms with Gasteiger partial charge in [0.15, 0.2) is 5.65 Å². The molecule has 26 heavy (non-hydrogen) atoms. The Kier molecular flexibility index (Phi) is 3.61. The van der Waals surface area contributed by atoms with E-state index in [4.69, 9.17) is 15.5 Å². The molecule has 0 saturated carbocycles. The van der Waals surface area contributed by atoms with Gasteiger partial charge in [-0.05, 0) is 49.2 Å². The Morgan fingerprint density at radius 1 is 1.04 bits per heavy atom. The standard InChI is InChI=1S/C20H18N4O2/c1-11-8-12(2)10-13(9-11)24-18(21)16(20(25)26-3)17-19(24)23-15-7-5-4-6-14(15)22-17/h4-10H,21H2,1-3H3. The highest BCUT2D eigenvalue weighted by Crippen LogP contribution is 2.32. The van der Waals surface area contributed by atoms with Crippen molar-refractivity contribution in [2.45, 2.75) is 13.8 Å². The van der Waals surface area contributed by atoms with Crippen LogP contribution >= 0.6 is 0 Å². The lowest BCUT2D eigenvalue weighted by Crippen LogP contribution is -2.07. The zero-order chi connectivity index (χ0) is 18.4. The van der Waals surface area contributed by atoms with Crippen LogP contribution in [0.15, 0.2) is 42.5 Å². The summed E-state index contributed by atoms with van der Waals surface area (Å²) in [5, 5.41) is 0. The van der Waals surface area contributed by atoms with Crippen molar-refractivity contribution < 1.29 is 9.53 Å². The second kappa shape index (κ2) is 5.84. The molecule has 0 fully saturated rings. The van der Waals surface area contributed by atoms with Crippen molar-refractivity contribution in [2.24, 2.45) is 0 Å². The fraction of sp³-hybridized carbons (Fsp3) is 0.150. The Morgan fingerprint density at radius 2 is 1.65 bits per heavy atom. The zero-order valence-corrected chi connectivity index (χ0v) is 14.8. The summed E-state index contributed by atoms with van der Waals surface area (Å²) >= 11 is 0. The van der Waals surface area contributed by atoms with E-state index in [1.807, 2.05) is 50.2 Å². The number of esters is 1. The van der Waals surface area contributed by atoms with Gasteiger partial charge < -0.3 is 10.5 Å². The lowest BCUT2D eigenvalue weighted by molar-refractivity contribution is 0.0604. The molecule has 6 nitrogen and oxygen atoms in total. The van der Waals surface area contributed by atoms with Crippen molar-refractivity contribution in [2.75, 3.05) is 12.8 Å². The van der Waals surface area contributed by atoms with Crippen LogP contribution in [-0.2, 0) is 4.74 Å². The Hall–Kier alpha value is -3.41. The van der Waals surface area contributed by atoms with Crippen LogP contribution in [0.5, 0.6) is 0 Å². The summed E-state index contributed by atoms with van der Waals surface area (Å²) < 4.78 is 6.70. The first-order valence-electron chi connectivity index (χ1n) is 8.23. The summed E-state index contributed by atoms with van der Waals surface area (Å²) in [5.74, 6) is -0.257. The normalized spacial score (nSPS) is 11.2. The van der Waals surface area contributed by atoms with Gasteiger partial charge in [0.05, 0.1) is 18.1 Å². The maximum absolute atomic E-state index is 12.4. The first-order valence-corrected chi connectivity index (χ1v) is 8.23. The van der Waals surface area contributed by atoms with E-state index in [9.17, 15) is 4.79 Å². The molecule has 0 amide bonds. The summed E-state index contributed by atoms with van der Waals surface area (Å²) in [7, 11) is 1.33. The first kappa shape index (κ1) is 16.1. The fourth-order valence-electron chi connectivity index (χ4n) is 3.31. The summed E-state index contributed by atoms with van der Waals surface area (Å²) in [6.45, 7) is 4.03. The Balaban J connectivity index is 2.16. The molecular weight excluding hydrogens is 328 g/mol. The molecule has 130 valence electrons. The molecule has 2 heterocycles. The number of fused-ring (bicyclic) bond motifs is 2. The topological polar surface area (TPSA) is 83.0 Å². The van der Waals surface area contributed by atoms with Gasteiger partial charge in [0.2, 0.25) is 0 Å². The van der Waals surface area contributed by atoms with Gasteiger partial charge in [0, 0.05) is 5.69 Å². The van der Waals surface area contributed by atoms with Crippen LogP contribution in [0.1, 0.15) is 21.5 Å². The molecule has 4 aromatic rings. The SMILES string of the molecule is COC(=O)c1c(N)n(-c2cc(C)cc(C)c2)c2nc3ccccc3nc12. The Labute approximate surface area is 150 Å². The molecule has 2 N–H and O–H groups in total. The first-order chi connectivity index (χ1) is 12.5. The number of nitrogens with zero attached hydrogens (tertiary/aromatic N) is 3. The number of hydrogen-bond donors (Lipinski definition) is 1. The van der Waals surface area contributed by atoms with Crippen LogP contribution in [0, 0.1) is 13.8 Å². The van der Waals surface area contributed by atoms with Crippen molar-refractivity contribution in [3.8, 4) is 5.69 Å². The third kappa shape index (κ3) is 2.38. The van der Waals surface area contributed by atoms with Gasteiger partial charge in [-0.25, -0.2) is 14.8 Å². The molecule has 6 heteroatoms. The number of benzene rings is 2. The number of ether oxygens (including phenoxy) is 1. The van der Waals surface area contributed by atoms with E-state index in [0.717, 1.165) is 22.3 Å². The maximum Gasteiger partial charge on any atom is 0.343 e. The van der Waals surface area contributed by atoms with Gasteiger partial charge in [-0.3, -0.25) is 4.57 Å². The van der Waals surface area contributed by atoms with E-state index < -0.39 is 5.97 Å². The van der Waals surface area contributed by atoms with Crippen LogP contribution in [-0.4, -0.2) is 27.6 Å². The van der Waals surface area contributed by atoms with Gasteiger partial charge in [0.1, 0.15) is 16.9 Å². The summed E-state index contributed by atoms with van der Waals surface area (Å²) in [6.07, 6.45) is 0. The molecule has 0 saturated heterocycles. The van der Waals surface area contributed by atoms with Crippen LogP contribution < -0.4 is 5.73 Å². The molecule has 2 aromatic heterocycles. The number of anilines is 1. The van der Waals surface area contributed by atoms with Crippen molar-refractivity contribution in [1.82, 2.24) is 14.5 Å². The molecule has 0 aliphatic rings. The lowest BCUT2D eigenvalue weighted by atomic mass is 10.1. The molecule has 0 atom stereocenters. The van der Waals surface area contributed by atoms with E-state index in [0.29, 0.717) is 16.7 Å². The average Bonchev–Trinajstić information content (AvgIpc) is 2.89. The predicted molar refractivity (Wildman–Crippen MR) is 102 cm³/mol. The number of aryl methyl sites for hydroxylation is 2. The maximum atomic E-state index is 12.4. The minimum absolute atomic E-state index is 0.236. The molecule has 0 unspecified atom stereocenters. The summed E-state index contributed by atoms with van der Waals surface area (Å²) in [6, 6.07) is 13.6. The minimum atomic E-state index is -0.528. The van der Waals surface area contributed by atoms with Crippen LogP contribution in [0.2, 0.25) is 0 Å². The van der Waals surface area contributed by atoms with E-state index in [1.165, 1.54) is 7.11 Å². The average molecular weight is 346 g/mol. The van der Waals surface area contributed by atoms with Crippen molar-refractivity contribution in [3.05, 3.63) is 59.2 Å². The number of hydrogen-bond acceptors (Lipinski definition) is 5. The third-order valence-corrected chi connectivity index (χ3v) is 4.35. The van der Waals surface area contributed by atoms with Crippen molar-refractivity contribution >= 4 is 34.0 Å². The second-order valence-electron chi connectivity index (χ2n) is 6.32. The van der Waals surface area contributed by atoms with E-state index in [-0.39, 0.29) is 11.4 Å².